The van der Waals surface area contributed by atoms with Gasteiger partial charge in [-0.15, -0.1) is 0 Å². The molecule has 7 heteroatoms. The van der Waals surface area contributed by atoms with Gasteiger partial charge in [0.2, 0.25) is 5.88 Å². The van der Waals surface area contributed by atoms with Crippen LogP contribution in [0.15, 0.2) is 23.2 Å². The Kier molecular flexibility index (Phi) is 4.82. The Labute approximate surface area is 103 Å². The summed E-state index contributed by atoms with van der Waals surface area (Å²) in [7, 11) is -3.90. The summed E-state index contributed by atoms with van der Waals surface area (Å²) in [5.74, 6) is 0.948. The van der Waals surface area contributed by atoms with Crippen LogP contribution in [-0.4, -0.2) is 25.4 Å². The summed E-state index contributed by atoms with van der Waals surface area (Å²) in [6.07, 6.45) is 1.96. The first-order chi connectivity index (χ1) is 7.42. The van der Waals surface area contributed by atoms with Gasteiger partial charge in [0.1, 0.15) is 5.03 Å². The van der Waals surface area contributed by atoms with E-state index in [1.165, 1.54) is 6.07 Å². The van der Waals surface area contributed by atoms with Gasteiger partial charge in [-0.25, -0.2) is 4.98 Å². The lowest BCUT2D eigenvalue weighted by atomic mass is 10.5. The lowest BCUT2D eigenvalue weighted by Crippen LogP contribution is -2.08. The molecule has 0 fully saturated rings. The summed E-state index contributed by atoms with van der Waals surface area (Å²) in [4.78, 5) is 4.08. The quantitative estimate of drug-likeness (QED) is 0.760. The first-order valence-corrected chi connectivity index (χ1v) is 8.81. The van der Waals surface area contributed by atoms with E-state index in [-0.39, 0.29) is 15.3 Å². The fourth-order valence-electron chi connectivity index (χ4n) is 1.01. The van der Waals surface area contributed by atoms with Gasteiger partial charge in [-0.05, 0) is 23.7 Å². The van der Waals surface area contributed by atoms with Crippen molar-refractivity contribution >= 4 is 30.8 Å². The maximum atomic E-state index is 10.9. The van der Waals surface area contributed by atoms with Gasteiger partial charge in [0, 0.05) is 11.8 Å². The van der Waals surface area contributed by atoms with E-state index < -0.39 is 10.1 Å². The lowest BCUT2D eigenvalue weighted by Gasteiger charge is -2.05. The number of hydrogen-bond donors (Lipinski definition) is 0. The van der Waals surface area contributed by atoms with Crippen LogP contribution >= 0.6 is 0 Å². The monoisotopic (exact) mass is 279 g/mol. The number of nitrogens with zero attached hydrogens (tertiary/aromatic N) is 1. The summed E-state index contributed by atoms with van der Waals surface area (Å²) in [6, 6.07) is 4.99. The van der Waals surface area contributed by atoms with Crippen LogP contribution in [0.2, 0.25) is 0 Å². The van der Waals surface area contributed by atoms with Crippen molar-refractivity contribution in [2.45, 2.75) is 18.4 Å². The van der Waals surface area contributed by atoms with Crippen molar-refractivity contribution in [1.29, 1.82) is 0 Å². The molecule has 0 aliphatic rings. The second-order valence-electron chi connectivity index (χ2n) is 3.15. The van der Waals surface area contributed by atoms with E-state index in [0.717, 1.165) is 18.4 Å². The molecule has 1 aromatic heterocycles. The molecular weight excluding hydrogens is 266 g/mol. The molecule has 0 radical (unpaired) electrons. The molecule has 1 aromatic rings. The highest BCUT2D eigenvalue weighted by Gasteiger charge is 2.07. The largest absolute Gasteiger partial charge is 0.362 e. The summed E-state index contributed by atoms with van der Waals surface area (Å²) in [5.41, 5.74) is 0. The third kappa shape index (κ3) is 4.54. The third-order valence-electron chi connectivity index (χ3n) is 1.56. The Hall–Kier alpha value is -0.530. The van der Waals surface area contributed by atoms with Gasteiger partial charge < -0.3 is 4.18 Å². The van der Waals surface area contributed by atoms with Crippen LogP contribution in [0.1, 0.15) is 13.3 Å². The van der Waals surface area contributed by atoms with E-state index in [2.05, 4.69) is 9.17 Å². The molecule has 90 valence electrons. The zero-order valence-corrected chi connectivity index (χ0v) is 11.5. The molecule has 0 aliphatic heterocycles. The van der Waals surface area contributed by atoms with Gasteiger partial charge in [-0.1, -0.05) is 22.4 Å². The van der Waals surface area contributed by atoms with Gasteiger partial charge in [-0.2, -0.15) is 8.42 Å². The molecule has 1 heterocycles. The normalized spacial score (nSPS) is 13.4. The third-order valence-corrected chi connectivity index (χ3v) is 4.52. The predicted molar refractivity (Wildman–Crippen MR) is 67.9 cm³/mol. The highest BCUT2D eigenvalue weighted by atomic mass is 32.8. The molecule has 16 heavy (non-hydrogen) atoms. The molecule has 1 unspecified atom stereocenters. The minimum absolute atomic E-state index is 0.0819. The molecule has 0 saturated carbocycles. The summed E-state index contributed by atoms with van der Waals surface area (Å²) in [5, 5.41) is 0.706. The van der Waals surface area contributed by atoms with Crippen LogP contribution in [0.4, 0.5) is 0 Å². The van der Waals surface area contributed by atoms with Crippen molar-refractivity contribution in [3.05, 3.63) is 18.2 Å². The number of aromatic nitrogens is 1. The van der Waals surface area contributed by atoms with Gasteiger partial charge in [0.15, 0.2) is 0 Å². The van der Waals surface area contributed by atoms with Crippen molar-refractivity contribution < 1.29 is 12.6 Å². The zero-order chi connectivity index (χ0) is 12.2. The van der Waals surface area contributed by atoms with E-state index in [0.29, 0.717) is 5.03 Å². The molecule has 0 aliphatic carbocycles. The number of pyridine rings is 1. The standard InChI is InChI=1S/C9H13NO3S3/c1-3-7-15(14)9-6-4-5-8(10-9)13-16(2,11)12/h4-6H,3,7H2,1-2H3. The molecule has 0 spiro atoms. The van der Waals surface area contributed by atoms with E-state index in [9.17, 15) is 8.42 Å². The Bertz CT molecular complexity index is 485. The van der Waals surface area contributed by atoms with Crippen molar-refractivity contribution in [2.75, 3.05) is 12.0 Å². The first kappa shape index (κ1) is 13.5. The van der Waals surface area contributed by atoms with Crippen molar-refractivity contribution in [3.63, 3.8) is 0 Å². The van der Waals surface area contributed by atoms with Gasteiger partial charge >= 0.3 is 10.1 Å². The maximum Gasteiger partial charge on any atom is 0.307 e. The van der Waals surface area contributed by atoms with Crippen molar-refractivity contribution in [1.82, 2.24) is 4.98 Å². The predicted octanol–water partition coefficient (Wildman–Crippen LogP) is 1.27. The van der Waals surface area contributed by atoms with Crippen LogP contribution in [0.3, 0.4) is 0 Å². The molecule has 0 saturated heterocycles. The highest BCUT2D eigenvalue weighted by Crippen LogP contribution is 2.13. The average molecular weight is 279 g/mol. The Balaban J connectivity index is 2.91. The zero-order valence-electron chi connectivity index (χ0n) is 9.04. The highest BCUT2D eigenvalue weighted by molar-refractivity contribution is 8.28. The fraction of sp³-hybridized carbons (Fsp3) is 0.444. The number of rotatable bonds is 5. The van der Waals surface area contributed by atoms with Gasteiger partial charge in [-0.3, -0.25) is 0 Å². The van der Waals surface area contributed by atoms with Crippen LogP contribution < -0.4 is 4.18 Å². The summed E-state index contributed by atoms with van der Waals surface area (Å²) >= 11 is 5.26. The number of hydrogen-bond acceptors (Lipinski definition) is 5. The van der Waals surface area contributed by atoms with Crippen LogP contribution in [-0.2, 0) is 30.8 Å². The summed E-state index contributed by atoms with van der Waals surface area (Å²) < 4.78 is 26.5. The van der Waals surface area contributed by atoms with Crippen molar-refractivity contribution in [3.8, 4) is 5.88 Å². The second kappa shape index (κ2) is 5.70. The minimum atomic E-state index is -3.53. The maximum absolute atomic E-state index is 10.9. The SMILES string of the molecule is CCCS(=S)c1cccc(OS(C)(=O)=O)n1. The van der Waals surface area contributed by atoms with Crippen molar-refractivity contribution in [2.24, 2.45) is 0 Å². The first-order valence-electron chi connectivity index (χ1n) is 4.67. The Morgan fingerprint density at radius 2 is 2.19 bits per heavy atom. The Morgan fingerprint density at radius 1 is 1.50 bits per heavy atom. The minimum Gasteiger partial charge on any atom is -0.362 e. The second-order valence-corrected chi connectivity index (χ2v) is 7.45. The molecule has 4 nitrogen and oxygen atoms in total. The molecule has 0 bridgehead atoms. The topological polar surface area (TPSA) is 56.3 Å². The van der Waals surface area contributed by atoms with Gasteiger partial charge in [0.05, 0.1) is 6.26 Å². The Morgan fingerprint density at radius 3 is 2.75 bits per heavy atom. The van der Waals surface area contributed by atoms with Crippen LogP contribution in [0, 0.1) is 0 Å². The lowest BCUT2D eigenvalue weighted by molar-refractivity contribution is 0.480. The molecule has 1 atom stereocenters. The average Bonchev–Trinajstić information content (AvgIpc) is 2.16. The molecule has 0 aromatic carbocycles. The molecule has 1 rings (SSSR count). The van der Waals surface area contributed by atoms with E-state index in [1.807, 2.05) is 6.92 Å². The fourth-order valence-corrected chi connectivity index (χ4v) is 3.20. The van der Waals surface area contributed by atoms with Gasteiger partial charge in [0.25, 0.3) is 0 Å². The molecule has 0 amide bonds. The van der Waals surface area contributed by atoms with Crippen LogP contribution in [0.25, 0.3) is 0 Å². The van der Waals surface area contributed by atoms with Crippen LogP contribution in [0.5, 0.6) is 5.88 Å². The molecular formula is C9H13NO3S3. The smallest absolute Gasteiger partial charge is 0.307 e. The van der Waals surface area contributed by atoms with E-state index in [4.69, 9.17) is 11.2 Å². The van der Waals surface area contributed by atoms with E-state index in [1.54, 1.807) is 12.1 Å². The molecule has 0 N–H and O–H groups in total. The van der Waals surface area contributed by atoms with E-state index >= 15 is 0 Å². The summed E-state index contributed by atoms with van der Waals surface area (Å²) in [6.45, 7) is 2.04.